The van der Waals surface area contributed by atoms with Gasteiger partial charge in [0.15, 0.2) is 5.88 Å². The standard InChI is InChI=1S/C26H25F3N2O2/c1-18-12-21(15-30(2)14-19-6-4-3-5-7-19)13-22-17-31(25(32)24(18)22)16-20-8-10-23(11-9-20)33-26(27,28)29/h3-13,17,32H,14-16H2,1-2H3. The van der Waals surface area contributed by atoms with Gasteiger partial charge >= 0.3 is 6.36 Å². The molecule has 1 heterocycles. The summed E-state index contributed by atoms with van der Waals surface area (Å²) in [5, 5.41) is 12.5. The Morgan fingerprint density at radius 2 is 1.58 bits per heavy atom. The molecule has 33 heavy (non-hydrogen) atoms. The van der Waals surface area contributed by atoms with E-state index < -0.39 is 6.36 Å². The number of rotatable bonds is 7. The lowest BCUT2D eigenvalue weighted by Crippen LogP contribution is -2.17. The molecule has 0 saturated heterocycles. The van der Waals surface area contributed by atoms with E-state index in [1.165, 1.54) is 17.7 Å². The van der Waals surface area contributed by atoms with Gasteiger partial charge in [-0.05, 0) is 54.4 Å². The molecule has 0 aliphatic rings. The smallest absolute Gasteiger partial charge is 0.494 e. The first kappa shape index (κ1) is 22.7. The Labute approximate surface area is 190 Å². The predicted octanol–water partition coefficient (Wildman–Crippen LogP) is 6.23. The summed E-state index contributed by atoms with van der Waals surface area (Å²) >= 11 is 0. The Balaban J connectivity index is 1.51. The Bertz CT molecular complexity index is 1230. The first-order chi connectivity index (χ1) is 15.7. The van der Waals surface area contributed by atoms with Crippen LogP contribution >= 0.6 is 0 Å². The summed E-state index contributed by atoms with van der Waals surface area (Å²) in [5.41, 5.74) is 4.11. The zero-order valence-electron chi connectivity index (χ0n) is 18.4. The maximum atomic E-state index is 12.4. The van der Waals surface area contributed by atoms with Crippen LogP contribution in [0.4, 0.5) is 13.2 Å². The molecule has 172 valence electrons. The Morgan fingerprint density at radius 3 is 2.24 bits per heavy atom. The van der Waals surface area contributed by atoms with E-state index in [9.17, 15) is 18.3 Å². The molecule has 0 amide bonds. The first-order valence-corrected chi connectivity index (χ1v) is 10.6. The molecule has 4 nitrogen and oxygen atoms in total. The van der Waals surface area contributed by atoms with Crippen molar-refractivity contribution in [2.24, 2.45) is 0 Å². The van der Waals surface area contributed by atoms with Crippen molar-refractivity contribution in [2.45, 2.75) is 32.9 Å². The van der Waals surface area contributed by atoms with Gasteiger partial charge in [0, 0.05) is 30.1 Å². The van der Waals surface area contributed by atoms with Crippen LogP contribution in [0.3, 0.4) is 0 Å². The van der Waals surface area contributed by atoms with Crippen molar-refractivity contribution < 1.29 is 23.0 Å². The van der Waals surface area contributed by atoms with Crippen molar-refractivity contribution in [3.05, 3.63) is 95.2 Å². The summed E-state index contributed by atoms with van der Waals surface area (Å²) in [6.07, 6.45) is -2.85. The molecule has 4 aromatic rings. The van der Waals surface area contributed by atoms with Crippen LogP contribution in [0.2, 0.25) is 0 Å². The summed E-state index contributed by atoms with van der Waals surface area (Å²) < 4.78 is 42.7. The lowest BCUT2D eigenvalue weighted by Gasteiger charge is -2.17. The number of fused-ring (bicyclic) bond motifs is 1. The van der Waals surface area contributed by atoms with E-state index >= 15 is 0 Å². The number of alkyl halides is 3. The maximum Gasteiger partial charge on any atom is 0.573 e. The van der Waals surface area contributed by atoms with Crippen LogP contribution in [0.15, 0.2) is 72.9 Å². The van der Waals surface area contributed by atoms with Crippen LogP contribution in [0.5, 0.6) is 11.6 Å². The fourth-order valence-corrected chi connectivity index (χ4v) is 4.14. The molecular weight excluding hydrogens is 429 g/mol. The number of benzene rings is 3. The molecule has 0 unspecified atom stereocenters. The van der Waals surface area contributed by atoms with E-state index in [0.29, 0.717) is 6.54 Å². The zero-order chi connectivity index (χ0) is 23.6. The molecule has 0 bridgehead atoms. The van der Waals surface area contributed by atoms with E-state index in [2.05, 4.69) is 40.9 Å². The van der Waals surface area contributed by atoms with Gasteiger partial charge in [-0.25, -0.2) is 0 Å². The van der Waals surface area contributed by atoms with E-state index in [1.54, 1.807) is 16.7 Å². The molecule has 0 fully saturated rings. The first-order valence-electron chi connectivity index (χ1n) is 10.6. The summed E-state index contributed by atoms with van der Waals surface area (Å²) in [5.74, 6) is -0.129. The topological polar surface area (TPSA) is 37.6 Å². The Morgan fingerprint density at radius 1 is 0.909 bits per heavy atom. The number of aromatic hydroxyl groups is 1. The van der Waals surface area contributed by atoms with E-state index in [-0.39, 0.29) is 11.6 Å². The molecule has 3 aromatic carbocycles. The van der Waals surface area contributed by atoms with Crippen molar-refractivity contribution in [2.75, 3.05) is 7.05 Å². The SMILES string of the molecule is Cc1cc(CN(C)Cc2ccccc2)cc2cn(Cc3ccc(OC(F)(F)F)cc3)c(O)c12. The summed E-state index contributed by atoms with van der Waals surface area (Å²) in [7, 11) is 2.07. The number of hydrogen-bond acceptors (Lipinski definition) is 3. The van der Waals surface area contributed by atoms with Gasteiger partial charge < -0.3 is 14.4 Å². The van der Waals surface area contributed by atoms with Gasteiger partial charge in [0.05, 0.1) is 6.54 Å². The minimum absolute atomic E-state index is 0.141. The van der Waals surface area contributed by atoms with Crippen molar-refractivity contribution >= 4 is 10.8 Å². The number of nitrogens with zero attached hydrogens (tertiary/aromatic N) is 2. The van der Waals surface area contributed by atoms with Gasteiger partial charge in [0.1, 0.15) is 5.75 Å². The third kappa shape index (κ3) is 5.68. The molecular formula is C26H25F3N2O2. The average Bonchev–Trinajstić information content (AvgIpc) is 3.04. The highest BCUT2D eigenvalue weighted by Crippen LogP contribution is 2.32. The van der Waals surface area contributed by atoms with Crippen LogP contribution in [0, 0.1) is 6.92 Å². The number of aryl methyl sites for hydroxylation is 1. The van der Waals surface area contributed by atoms with Crippen LogP contribution < -0.4 is 4.74 Å². The minimum atomic E-state index is -4.72. The lowest BCUT2D eigenvalue weighted by atomic mass is 10.0. The molecule has 1 aromatic heterocycles. The van der Waals surface area contributed by atoms with Crippen LogP contribution in [0.25, 0.3) is 10.8 Å². The minimum Gasteiger partial charge on any atom is -0.494 e. The third-order valence-corrected chi connectivity index (χ3v) is 5.47. The monoisotopic (exact) mass is 454 g/mol. The van der Waals surface area contributed by atoms with E-state index in [1.807, 2.05) is 31.3 Å². The number of aromatic nitrogens is 1. The fourth-order valence-electron chi connectivity index (χ4n) is 4.14. The molecule has 0 radical (unpaired) electrons. The molecule has 0 spiro atoms. The highest BCUT2D eigenvalue weighted by Gasteiger charge is 2.30. The van der Waals surface area contributed by atoms with Gasteiger partial charge in [0.2, 0.25) is 0 Å². The van der Waals surface area contributed by atoms with Crippen molar-refractivity contribution in [3.63, 3.8) is 0 Å². The Hall–Kier alpha value is -3.45. The molecule has 7 heteroatoms. The van der Waals surface area contributed by atoms with Crippen LogP contribution in [0.1, 0.15) is 22.3 Å². The summed E-state index contributed by atoms with van der Waals surface area (Å²) in [6.45, 7) is 3.89. The van der Waals surface area contributed by atoms with Gasteiger partial charge in [-0.1, -0.05) is 48.5 Å². The largest absolute Gasteiger partial charge is 0.573 e. The molecule has 0 atom stereocenters. The van der Waals surface area contributed by atoms with Crippen molar-refractivity contribution in [1.29, 1.82) is 0 Å². The van der Waals surface area contributed by atoms with Crippen molar-refractivity contribution in [1.82, 2.24) is 9.47 Å². The zero-order valence-corrected chi connectivity index (χ0v) is 18.4. The van der Waals surface area contributed by atoms with Gasteiger partial charge in [0.25, 0.3) is 0 Å². The quantitative estimate of drug-likeness (QED) is 0.360. The molecule has 0 aliphatic heterocycles. The maximum absolute atomic E-state index is 12.4. The average molecular weight is 454 g/mol. The molecule has 0 aliphatic carbocycles. The third-order valence-electron chi connectivity index (χ3n) is 5.47. The predicted molar refractivity (Wildman–Crippen MR) is 122 cm³/mol. The molecule has 1 N–H and O–H groups in total. The number of hydrogen-bond donors (Lipinski definition) is 1. The normalized spacial score (nSPS) is 11.9. The second kappa shape index (κ2) is 9.19. The van der Waals surface area contributed by atoms with Gasteiger partial charge in [-0.15, -0.1) is 13.2 Å². The Kier molecular flexibility index (Phi) is 6.33. The second-order valence-electron chi connectivity index (χ2n) is 8.31. The molecule has 0 saturated carbocycles. The van der Waals surface area contributed by atoms with Gasteiger partial charge in [-0.3, -0.25) is 4.90 Å². The van der Waals surface area contributed by atoms with E-state index in [4.69, 9.17) is 0 Å². The van der Waals surface area contributed by atoms with Crippen molar-refractivity contribution in [3.8, 4) is 11.6 Å². The van der Waals surface area contributed by atoms with Crippen LogP contribution in [-0.2, 0) is 19.6 Å². The fraction of sp³-hybridized carbons (Fsp3) is 0.231. The second-order valence-corrected chi connectivity index (χ2v) is 8.31. The highest BCUT2D eigenvalue weighted by atomic mass is 19.4. The molecule has 4 rings (SSSR count). The lowest BCUT2D eigenvalue weighted by molar-refractivity contribution is -0.274. The summed E-state index contributed by atoms with van der Waals surface area (Å²) in [4.78, 5) is 2.23. The van der Waals surface area contributed by atoms with E-state index in [0.717, 1.165) is 40.6 Å². The highest BCUT2D eigenvalue weighted by molar-refractivity contribution is 5.91. The summed E-state index contributed by atoms with van der Waals surface area (Å²) in [6, 6.07) is 20.1. The number of ether oxygens (including phenoxy) is 1. The van der Waals surface area contributed by atoms with Gasteiger partial charge in [-0.2, -0.15) is 0 Å². The van der Waals surface area contributed by atoms with Crippen LogP contribution in [-0.4, -0.2) is 28.0 Å². The number of halogens is 3.